The van der Waals surface area contributed by atoms with Crippen LogP contribution in [0.15, 0.2) is 16.0 Å². The lowest BCUT2D eigenvalue weighted by Crippen LogP contribution is -2.28. The van der Waals surface area contributed by atoms with E-state index in [4.69, 9.17) is 11.6 Å². The molecule has 0 aromatic carbocycles. The molecule has 6 heteroatoms. The molecule has 1 aliphatic heterocycles. The molecule has 3 nitrogen and oxygen atoms in total. The molecule has 1 aromatic heterocycles. The molecule has 0 radical (unpaired) electrons. The number of nitrogens with zero attached hydrogens (tertiary/aromatic N) is 1. The molecule has 70 valence electrons. The maximum atomic E-state index is 5.87. The van der Waals surface area contributed by atoms with Gasteiger partial charge in [0.1, 0.15) is 5.00 Å². The number of rotatable bonds is 1. The average Bonchev–Trinajstić information content (AvgIpc) is 2.44. The first-order valence-corrected chi connectivity index (χ1v) is 5.84. The summed E-state index contributed by atoms with van der Waals surface area (Å²) < 4.78 is 3.89. The van der Waals surface area contributed by atoms with E-state index in [9.17, 15) is 0 Å². The van der Waals surface area contributed by atoms with Gasteiger partial charge in [-0.15, -0.1) is 11.3 Å². The minimum atomic E-state index is 0.768. The molecule has 0 atom stereocenters. The fraction of sp³-hybridized carbons (Fsp3) is 0.286. The Hall–Kier alpha value is -0.390. The van der Waals surface area contributed by atoms with Crippen molar-refractivity contribution in [3.63, 3.8) is 0 Å². The summed E-state index contributed by atoms with van der Waals surface area (Å²) in [4.78, 5) is 5.36. The Morgan fingerprint density at radius 2 is 2.46 bits per heavy atom. The lowest BCUT2D eigenvalue weighted by atomic mass is 10.6. The second-order valence-electron chi connectivity index (χ2n) is 2.40. The average molecular weight is 234 g/mol. The van der Waals surface area contributed by atoms with Crippen molar-refractivity contribution in [2.75, 3.05) is 11.9 Å². The number of aliphatic imine (C=N–C) groups is 1. The fourth-order valence-corrected chi connectivity index (χ4v) is 3.03. The molecule has 0 aliphatic carbocycles. The van der Waals surface area contributed by atoms with Crippen LogP contribution in [-0.4, -0.2) is 12.5 Å². The van der Waals surface area contributed by atoms with Gasteiger partial charge >= 0.3 is 0 Å². The molecule has 1 aromatic rings. The number of fused-ring (bicyclic) bond motifs is 1. The standard InChI is InChI=1S/C7H8ClN3S2/c1-2-9-7-10-6-4(13-11-7)3-5(8)12-6/h3H,2H2,1H3,(H2,9,10,11). The van der Waals surface area contributed by atoms with E-state index in [2.05, 4.69) is 15.0 Å². The number of halogens is 1. The predicted octanol–water partition coefficient (Wildman–Crippen LogP) is 2.80. The van der Waals surface area contributed by atoms with Crippen molar-refractivity contribution in [3.05, 3.63) is 10.4 Å². The van der Waals surface area contributed by atoms with Gasteiger partial charge in [0.05, 0.1) is 9.23 Å². The molecule has 2 heterocycles. The third-order valence-corrected chi connectivity index (χ3v) is 3.62. The summed E-state index contributed by atoms with van der Waals surface area (Å²) in [5, 5.41) is 4.24. The highest BCUT2D eigenvalue weighted by atomic mass is 35.5. The Kier molecular flexibility index (Phi) is 2.66. The number of guanidine groups is 1. The van der Waals surface area contributed by atoms with E-state index in [-0.39, 0.29) is 0 Å². The van der Waals surface area contributed by atoms with Gasteiger partial charge in [0.2, 0.25) is 5.96 Å². The zero-order valence-corrected chi connectivity index (χ0v) is 9.32. The van der Waals surface area contributed by atoms with Crippen LogP contribution in [0, 0.1) is 0 Å². The van der Waals surface area contributed by atoms with Gasteiger partial charge in [-0.2, -0.15) is 0 Å². The van der Waals surface area contributed by atoms with Gasteiger partial charge in [-0.3, -0.25) is 9.71 Å². The maximum absolute atomic E-state index is 5.87. The van der Waals surface area contributed by atoms with E-state index in [0.717, 1.165) is 26.7 Å². The second kappa shape index (κ2) is 3.77. The van der Waals surface area contributed by atoms with Crippen LogP contribution in [-0.2, 0) is 0 Å². The smallest absolute Gasteiger partial charge is 0.206 e. The molecule has 1 aliphatic rings. The van der Waals surface area contributed by atoms with E-state index in [0.29, 0.717) is 0 Å². The molecule has 0 fully saturated rings. The van der Waals surface area contributed by atoms with Crippen LogP contribution in [0.3, 0.4) is 0 Å². The van der Waals surface area contributed by atoms with Gasteiger partial charge in [0, 0.05) is 6.54 Å². The summed E-state index contributed by atoms with van der Waals surface area (Å²) in [6, 6.07) is 1.94. The monoisotopic (exact) mass is 233 g/mol. The highest BCUT2D eigenvalue weighted by Crippen LogP contribution is 2.39. The van der Waals surface area contributed by atoms with E-state index in [1.807, 2.05) is 13.0 Å². The van der Waals surface area contributed by atoms with Crippen molar-refractivity contribution >= 4 is 45.8 Å². The quantitative estimate of drug-likeness (QED) is 0.733. The molecular formula is C7H8ClN3S2. The first kappa shape index (κ1) is 9.18. The van der Waals surface area contributed by atoms with Crippen LogP contribution < -0.4 is 10.0 Å². The number of hydrogen-bond acceptors (Lipinski definition) is 3. The van der Waals surface area contributed by atoms with Gasteiger partial charge in [-0.1, -0.05) is 11.6 Å². The van der Waals surface area contributed by atoms with E-state index in [1.54, 1.807) is 11.9 Å². The third kappa shape index (κ3) is 1.92. The lowest BCUT2D eigenvalue weighted by Gasteiger charge is -2.16. The van der Waals surface area contributed by atoms with Crippen molar-refractivity contribution in [2.24, 2.45) is 4.99 Å². The first-order chi connectivity index (χ1) is 6.29. The van der Waals surface area contributed by atoms with Crippen molar-refractivity contribution in [1.29, 1.82) is 0 Å². The second-order valence-corrected chi connectivity index (χ2v) is 4.93. The lowest BCUT2D eigenvalue weighted by molar-refractivity contribution is 1.11. The minimum Gasteiger partial charge on any atom is -0.316 e. The van der Waals surface area contributed by atoms with Crippen LogP contribution in [0.1, 0.15) is 6.92 Å². The maximum Gasteiger partial charge on any atom is 0.206 e. The molecule has 0 amide bonds. The minimum absolute atomic E-state index is 0.768. The van der Waals surface area contributed by atoms with Gasteiger partial charge in [0.25, 0.3) is 0 Å². The number of nitrogens with one attached hydrogen (secondary N) is 2. The zero-order chi connectivity index (χ0) is 9.26. The van der Waals surface area contributed by atoms with Crippen molar-refractivity contribution in [2.45, 2.75) is 11.8 Å². The summed E-state index contributed by atoms with van der Waals surface area (Å²) in [7, 11) is 0. The molecule has 2 rings (SSSR count). The third-order valence-electron chi connectivity index (χ3n) is 1.47. The summed E-state index contributed by atoms with van der Waals surface area (Å²) in [5.74, 6) is 0.804. The number of hydrogen-bond donors (Lipinski definition) is 2. The molecule has 0 spiro atoms. The Bertz CT molecular complexity index is 348. The molecule has 13 heavy (non-hydrogen) atoms. The molecule has 0 saturated carbocycles. The molecule has 0 bridgehead atoms. The molecule has 2 N–H and O–H groups in total. The predicted molar refractivity (Wildman–Crippen MR) is 59.9 cm³/mol. The van der Waals surface area contributed by atoms with Gasteiger partial charge < -0.3 is 5.32 Å². The summed E-state index contributed by atoms with van der Waals surface area (Å²) in [6.45, 7) is 2.77. The van der Waals surface area contributed by atoms with Gasteiger partial charge in [-0.25, -0.2) is 0 Å². The topological polar surface area (TPSA) is 36.4 Å². The van der Waals surface area contributed by atoms with E-state index < -0.39 is 0 Å². The molecular weight excluding hydrogens is 226 g/mol. The molecule has 0 saturated heterocycles. The van der Waals surface area contributed by atoms with Crippen LogP contribution >= 0.6 is 34.9 Å². The zero-order valence-electron chi connectivity index (χ0n) is 6.93. The molecule has 0 unspecified atom stereocenters. The van der Waals surface area contributed by atoms with Crippen LogP contribution in [0.5, 0.6) is 0 Å². The van der Waals surface area contributed by atoms with Crippen molar-refractivity contribution < 1.29 is 0 Å². The van der Waals surface area contributed by atoms with Crippen LogP contribution in [0.25, 0.3) is 0 Å². The Morgan fingerprint density at radius 3 is 3.23 bits per heavy atom. The largest absolute Gasteiger partial charge is 0.316 e. The normalized spacial score (nSPS) is 17.8. The summed E-state index contributed by atoms with van der Waals surface area (Å²) >= 11 is 8.95. The Labute approximate surface area is 89.7 Å². The van der Waals surface area contributed by atoms with E-state index in [1.165, 1.54) is 11.3 Å². The van der Waals surface area contributed by atoms with Crippen molar-refractivity contribution in [1.82, 2.24) is 4.72 Å². The number of thiophene rings is 1. The summed E-state index contributed by atoms with van der Waals surface area (Å²) in [5.41, 5.74) is 0. The Balaban J connectivity index is 2.24. The fourth-order valence-electron chi connectivity index (χ4n) is 0.975. The summed E-state index contributed by atoms with van der Waals surface area (Å²) in [6.07, 6.45) is 0. The van der Waals surface area contributed by atoms with Gasteiger partial charge in [-0.05, 0) is 24.9 Å². The van der Waals surface area contributed by atoms with E-state index >= 15 is 0 Å². The highest BCUT2D eigenvalue weighted by Gasteiger charge is 2.16. The number of anilines is 1. The van der Waals surface area contributed by atoms with Crippen LogP contribution in [0.4, 0.5) is 5.00 Å². The first-order valence-electron chi connectivity index (χ1n) is 3.83. The SMILES string of the molecule is CCN=C1NSc2cc(Cl)sc2N1. The Morgan fingerprint density at radius 1 is 1.62 bits per heavy atom. The van der Waals surface area contributed by atoms with Crippen LogP contribution in [0.2, 0.25) is 4.34 Å². The van der Waals surface area contributed by atoms with Gasteiger partial charge in [0.15, 0.2) is 0 Å². The van der Waals surface area contributed by atoms with Crippen molar-refractivity contribution in [3.8, 4) is 0 Å². The highest BCUT2D eigenvalue weighted by molar-refractivity contribution is 7.98.